The smallest absolute Gasteiger partial charge is 0.255 e. The Kier molecular flexibility index (Phi) is 4.61. The summed E-state index contributed by atoms with van der Waals surface area (Å²) in [7, 11) is 0. The Hall–Kier alpha value is -3.54. The minimum absolute atomic E-state index is 0.143. The van der Waals surface area contributed by atoms with Crippen LogP contribution in [0.2, 0.25) is 0 Å². The van der Waals surface area contributed by atoms with Crippen molar-refractivity contribution in [2.24, 2.45) is 0 Å². The predicted molar refractivity (Wildman–Crippen MR) is 97.4 cm³/mol. The summed E-state index contributed by atoms with van der Waals surface area (Å²) in [5, 5.41) is 12.1. The van der Waals surface area contributed by atoms with E-state index in [1.54, 1.807) is 60.9 Å². The zero-order valence-corrected chi connectivity index (χ0v) is 14.8. The zero-order chi connectivity index (χ0) is 19.7. The highest BCUT2D eigenvalue weighted by atomic mass is 19.1. The van der Waals surface area contributed by atoms with Gasteiger partial charge in [0.1, 0.15) is 5.82 Å². The number of carbonyl (C=O) groups excluding carboxylic acids is 2. The molecule has 1 aliphatic rings. The van der Waals surface area contributed by atoms with Crippen LogP contribution in [0, 0.1) is 5.82 Å². The third-order valence-electron chi connectivity index (χ3n) is 5.01. The maximum Gasteiger partial charge on any atom is 0.255 e. The van der Waals surface area contributed by atoms with Crippen LogP contribution in [-0.4, -0.2) is 21.8 Å². The summed E-state index contributed by atoms with van der Waals surface area (Å²) in [6, 6.07) is 15.1. The Balaban J connectivity index is 1.86. The van der Waals surface area contributed by atoms with E-state index in [1.807, 2.05) is 0 Å². The van der Waals surface area contributed by atoms with E-state index in [-0.39, 0.29) is 18.3 Å². The lowest BCUT2D eigenvalue weighted by Gasteiger charge is -2.43. The van der Waals surface area contributed by atoms with Crippen molar-refractivity contribution in [2.75, 3.05) is 0 Å². The third kappa shape index (κ3) is 3.13. The fraction of sp³-hybridized carbons (Fsp3) is 0.136. The molecule has 0 N–H and O–H groups in total. The number of halogens is 1. The summed E-state index contributed by atoms with van der Waals surface area (Å²) in [6.45, 7) is 0.143. The molecule has 4 rings (SSSR count). The molecular formula is C22H16FN2O3-. The summed E-state index contributed by atoms with van der Waals surface area (Å²) < 4.78 is 13.3. The first-order valence-corrected chi connectivity index (χ1v) is 8.81. The number of rotatable bonds is 4. The molecule has 1 amide bonds. The van der Waals surface area contributed by atoms with E-state index in [9.17, 15) is 19.1 Å². The summed E-state index contributed by atoms with van der Waals surface area (Å²) >= 11 is 0. The number of carbonyl (C=O) groups is 2. The fourth-order valence-electron chi connectivity index (χ4n) is 3.74. The molecule has 0 radical (unpaired) electrons. The average Bonchev–Trinajstić information content (AvgIpc) is 2.71. The second-order valence-electron chi connectivity index (χ2n) is 6.67. The average molecular weight is 375 g/mol. The van der Waals surface area contributed by atoms with Crippen LogP contribution in [0.1, 0.15) is 39.0 Å². The number of hydrogen-bond donors (Lipinski definition) is 0. The monoisotopic (exact) mass is 375 g/mol. The largest absolute Gasteiger partial charge is 0.549 e. The molecule has 0 fully saturated rings. The Morgan fingerprint density at radius 3 is 2.39 bits per heavy atom. The molecule has 1 aliphatic heterocycles. The lowest BCUT2D eigenvalue weighted by atomic mass is 9.80. The van der Waals surface area contributed by atoms with Gasteiger partial charge in [0, 0.05) is 30.4 Å². The van der Waals surface area contributed by atoms with Crippen LogP contribution in [0.15, 0.2) is 73.1 Å². The van der Waals surface area contributed by atoms with Crippen molar-refractivity contribution in [3.8, 4) is 0 Å². The van der Waals surface area contributed by atoms with Crippen LogP contribution >= 0.6 is 0 Å². The highest BCUT2D eigenvalue weighted by Gasteiger charge is 2.41. The van der Waals surface area contributed by atoms with Crippen LogP contribution in [-0.2, 0) is 11.3 Å². The van der Waals surface area contributed by atoms with E-state index < -0.39 is 17.9 Å². The van der Waals surface area contributed by atoms with Gasteiger partial charge in [-0.05, 0) is 47.0 Å². The summed E-state index contributed by atoms with van der Waals surface area (Å²) in [4.78, 5) is 30.9. The van der Waals surface area contributed by atoms with E-state index in [2.05, 4.69) is 4.98 Å². The number of pyridine rings is 1. The van der Waals surface area contributed by atoms with Gasteiger partial charge in [-0.15, -0.1) is 0 Å². The second-order valence-corrected chi connectivity index (χ2v) is 6.67. The van der Waals surface area contributed by atoms with Crippen molar-refractivity contribution in [3.05, 3.63) is 101 Å². The topological polar surface area (TPSA) is 73.3 Å². The minimum atomic E-state index is -1.26. The Morgan fingerprint density at radius 1 is 1.04 bits per heavy atom. The first kappa shape index (κ1) is 17.9. The van der Waals surface area contributed by atoms with Crippen LogP contribution < -0.4 is 5.11 Å². The molecule has 6 heteroatoms. The molecule has 140 valence electrons. The number of aliphatic carboxylic acids is 1. The van der Waals surface area contributed by atoms with E-state index in [0.717, 1.165) is 0 Å². The molecule has 0 saturated heterocycles. The molecular weight excluding hydrogens is 359 g/mol. The summed E-state index contributed by atoms with van der Waals surface area (Å²) in [6.07, 6.45) is 3.12. The summed E-state index contributed by atoms with van der Waals surface area (Å²) in [5.74, 6) is -2.95. The van der Waals surface area contributed by atoms with Crippen LogP contribution in [0.3, 0.4) is 0 Å². The predicted octanol–water partition coefficient (Wildman–Crippen LogP) is 2.45. The number of nitrogens with zero attached hydrogens (tertiary/aromatic N) is 2. The van der Waals surface area contributed by atoms with E-state index in [4.69, 9.17) is 0 Å². The molecule has 1 aromatic heterocycles. The highest BCUT2D eigenvalue weighted by molar-refractivity contribution is 6.00. The number of aromatic nitrogens is 1. The third-order valence-corrected chi connectivity index (χ3v) is 5.01. The standard InChI is InChI=1S/C22H17FN2O3/c23-16-7-5-14(6-8-16)13-25-20(15-9-11-24-12-10-15)19(22(27)28)17-3-1-2-4-18(17)21(25)26/h1-12,19-20H,13H2,(H,27,28)/p-1/t19-,20-/m1/s1. The van der Waals surface area contributed by atoms with Gasteiger partial charge in [-0.1, -0.05) is 30.3 Å². The molecule has 2 atom stereocenters. The maximum atomic E-state index is 13.3. The van der Waals surface area contributed by atoms with Crippen LogP contribution in [0.25, 0.3) is 0 Å². The Labute approximate surface area is 161 Å². The van der Waals surface area contributed by atoms with Crippen LogP contribution in [0.4, 0.5) is 4.39 Å². The van der Waals surface area contributed by atoms with Crippen molar-refractivity contribution in [2.45, 2.75) is 18.5 Å². The van der Waals surface area contributed by atoms with Gasteiger partial charge in [0.2, 0.25) is 0 Å². The van der Waals surface area contributed by atoms with Gasteiger partial charge in [-0.2, -0.15) is 0 Å². The Morgan fingerprint density at radius 2 is 1.71 bits per heavy atom. The van der Waals surface area contributed by atoms with Gasteiger partial charge in [0.25, 0.3) is 5.91 Å². The number of fused-ring (bicyclic) bond motifs is 1. The quantitative estimate of drug-likeness (QED) is 0.702. The number of amides is 1. The number of hydrogen-bond acceptors (Lipinski definition) is 4. The molecule has 0 spiro atoms. The highest BCUT2D eigenvalue weighted by Crippen LogP contribution is 2.42. The first-order chi connectivity index (χ1) is 13.6. The van der Waals surface area contributed by atoms with Gasteiger partial charge in [0.15, 0.2) is 0 Å². The molecule has 2 heterocycles. The fourth-order valence-corrected chi connectivity index (χ4v) is 3.74. The normalized spacial score (nSPS) is 18.6. The second kappa shape index (κ2) is 7.23. The van der Waals surface area contributed by atoms with Gasteiger partial charge < -0.3 is 14.8 Å². The molecule has 0 bridgehead atoms. The molecule has 0 unspecified atom stereocenters. The van der Waals surface area contributed by atoms with Gasteiger partial charge in [0.05, 0.1) is 12.0 Å². The number of carboxylic acids is 1. The minimum Gasteiger partial charge on any atom is -0.549 e. The van der Waals surface area contributed by atoms with Gasteiger partial charge in [-0.25, -0.2) is 4.39 Å². The van der Waals surface area contributed by atoms with Crippen molar-refractivity contribution in [1.29, 1.82) is 0 Å². The Bertz CT molecular complexity index is 1020. The number of carboxylic acid groups (broad SMARTS) is 1. The van der Waals surface area contributed by atoms with E-state index >= 15 is 0 Å². The molecule has 28 heavy (non-hydrogen) atoms. The summed E-state index contributed by atoms with van der Waals surface area (Å²) in [5.41, 5.74) is 2.12. The van der Waals surface area contributed by atoms with Crippen molar-refractivity contribution < 1.29 is 19.1 Å². The van der Waals surface area contributed by atoms with Gasteiger partial charge in [-0.3, -0.25) is 9.78 Å². The van der Waals surface area contributed by atoms with Crippen LogP contribution in [0.5, 0.6) is 0 Å². The maximum absolute atomic E-state index is 13.3. The van der Waals surface area contributed by atoms with Crippen molar-refractivity contribution in [3.63, 3.8) is 0 Å². The van der Waals surface area contributed by atoms with Gasteiger partial charge >= 0.3 is 0 Å². The molecule has 0 saturated carbocycles. The molecule has 3 aromatic rings. The molecule has 0 aliphatic carbocycles. The first-order valence-electron chi connectivity index (χ1n) is 8.81. The molecule has 2 aromatic carbocycles. The molecule has 5 nitrogen and oxygen atoms in total. The number of benzene rings is 2. The van der Waals surface area contributed by atoms with E-state index in [1.165, 1.54) is 17.0 Å². The van der Waals surface area contributed by atoms with Crippen molar-refractivity contribution in [1.82, 2.24) is 9.88 Å². The SMILES string of the molecule is O=C([O-])[C@@H]1c2ccccc2C(=O)N(Cc2ccc(F)cc2)[C@@H]1c1ccncc1. The van der Waals surface area contributed by atoms with E-state index in [0.29, 0.717) is 22.3 Å². The van der Waals surface area contributed by atoms with Crippen molar-refractivity contribution >= 4 is 11.9 Å². The zero-order valence-electron chi connectivity index (χ0n) is 14.8. The lowest BCUT2D eigenvalue weighted by molar-refractivity contribution is -0.309. The lowest BCUT2D eigenvalue weighted by Crippen LogP contribution is -2.47.